The van der Waals surface area contributed by atoms with Crippen LogP contribution >= 0.6 is 0 Å². The highest BCUT2D eigenvalue weighted by Gasteiger charge is 2.33. The molecule has 3 aromatic rings. The van der Waals surface area contributed by atoms with Gasteiger partial charge < -0.3 is 31.1 Å². The molecule has 38 heavy (non-hydrogen) atoms. The molecule has 0 bridgehead atoms. The first-order valence-corrected chi connectivity index (χ1v) is 12.8. The number of imidazole rings is 1. The number of amides is 1. The molecular weight excluding hydrogens is 488 g/mol. The van der Waals surface area contributed by atoms with Gasteiger partial charge >= 0.3 is 0 Å². The number of nitrogens with one attached hydrogen (secondary N) is 1. The Labute approximate surface area is 220 Å². The third kappa shape index (κ3) is 5.95. The minimum Gasteiger partial charge on any atom is -0.394 e. The molecule has 0 spiro atoms. The van der Waals surface area contributed by atoms with Crippen molar-refractivity contribution < 1.29 is 24.9 Å². The maximum Gasteiger partial charge on any atom is 0.252 e. The van der Waals surface area contributed by atoms with E-state index in [0.29, 0.717) is 29.9 Å². The van der Waals surface area contributed by atoms with Crippen LogP contribution in [-0.2, 0) is 16.3 Å². The van der Waals surface area contributed by atoms with Gasteiger partial charge in [-0.2, -0.15) is 0 Å². The fourth-order valence-electron chi connectivity index (χ4n) is 4.70. The lowest BCUT2D eigenvalue weighted by Crippen LogP contribution is -2.46. The summed E-state index contributed by atoms with van der Waals surface area (Å²) in [5.74, 6) is 5.99. The number of nitrogens with zero attached hydrogens (tertiary/aromatic N) is 4. The number of nitrogen functional groups attached to an aromatic ring is 1. The predicted octanol–water partition coefficient (Wildman–Crippen LogP) is 0.823. The average molecular weight is 521 g/mol. The van der Waals surface area contributed by atoms with Crippen LogP contribution in [0.4, 0.5) is 5.82 Å². The number of anilines is 1. The van der Waals surface area contributed by atoms with Crippen molar-refractivity contribution in [2.45, 2.75) is 75.0 Å². The average Bonchev–Trinajstić information content (AvgIpc) is 3.65. The Kier molecular flexibility index (Phi) is 7.58. The van der Waals surface area contributed by atoms with Gasteiger partial charge in [-0.1, -0.05) is 36.3 Å². The summed E-state index contributed by atoms with van der Waals surface area (Å²) in [6.07, 6.45) is 3.28. The number of aliphatic hydroxyl groups is 3. The highest BCUT2D eigenvalue weighted by Crippen LogP contribution is 2.37. The SMILES string of the molecule is Nc1nc(C#CC2(O)CCC(c3ccccc3)CC2)nc2c1ncn2COC(C(=O)NC1CC1)C(O)CO. The highest BCUT2D eigenvalue weighted by atomic mass is 16.5. The molecule has 2 unspecified atom stereocenters. The molecule has 11 nitrogen and oxygen atoms in total. The fraction of sp³-hybridized carbons (Fsp3) is 0.481. The molecule has 2 fully saturated rings. The smallest absolute Gasteiger partial charge is 0.252 e. The van der Waals surface area contributed by atoms with Crippen molar-refractivity contribution in [3.05, 3.63) is 48.0 Å². The summed E-state index contributed by atoms with van der Waals surface area (Å²) < 4.78 is 7.17. The standard InChI is InChI=1S/C27H32N6O5/c28-24-22-25(33(15-29-22)16-38-23(20(35)14-34)26(36)30-19-6-7-19)32-21(31-24)10-13-27(37)11-8-18(9-12-27)17-4-2-1-3-5-17/h1-5,15,18-20,23,34-35,37H,6-9,11-12,14,16H2,(H,30,36)(H2,28,31,32). The lowest BCUT2D eigenvalue weighted by molar-refractivity contribution is -0.147. The molecule has 2 aliphatic carbocycles. The van der Waals surface area contributed by atoms with Crippen molar-refractivity contribution in [1.82, 2.24) is 24.8 Å². The third-order valence-corrected chi connectivity index (χ3v) is 7.09. The van der Waals surface area contributed by atoms with Crippen LogP contribution in [0.5, 0.6) is 0 Å². The molecule has 5 rings (SSSR count). The molecule has 2 aliphatic rings. The molecule has 1 amide bonds. The van der Waals surface area contributed by atoms with E-state index in [-0.39, 0.29) is 24.4 Å². The number of carbonyl (C=O) groups is 1. The zero-order valence-electron chi connectivity index (χ0n) is 21.0. The van der Waals surface area contributed by atoms with Gasteiger partial charge in [0.05, 0.1) is 12.9 Å². The molecule has 200 valence electrons. The molecule has 2 atom stereocenters. The maximum atomic E-state index is 12.5. The Morgan fingerprint density at radius 3 is 2.63 bits per heavy atom. The second kappa shape index (κ2) is 11.0. The van der Waals surface area contributed by atoms with Crippen LogP contribution in [0.2, 0.25) is 0 Å². The zero-order chi connectivity index (χ0) is 26.7. The Hall–Kier alpha value is -3.56. The lowest BCUT2D eigenvalue weighted by atomic mass is 9.76. The van der Waals surface area contributed by atoms with E-state index in [1.165, 1.54) is 16.5 Å². The van der Waals surface area contributed by atoms with Gasteiger partial charge in [-0.3, -0.25) is 9.36 Å². The molecule has 2 aromatic heterocycles. The fourth-order valence-corrected chi connectivity index (χ4v) is 4.70. The van der Waals surface area contributed by atoms with Gasteiger partial charge in [-0.05, 0) is 55.9 Å². The van der Waals surface area contributed by atoms with Gasteiger partial charge in [-0.15, -0.1) is 0 Å². The summed E-state index contributed by atoms with van der Waals surface area (Å²) in [5, 5.41) is 33.3. The first kappa shape index (κ1) is 26.1. The van der Waals surface area contributed by atoms with Crippen molar-refractivity contribution >= 4 is 22.9 Å². The van der Waals surface area contributed by atoms with Crippen molar-refractivity contribution in [3.63, 3.8) is 0 Å². The molecular formula is C27H32N6O5. The number of nitrogens with two attached hydrogens (primary N) is 1. The number of rotatable bonds is 8. The Morgan fingerprint density at radius 1 is 1.21 bits per heavy atom. The topological polar surface area (TPSA) is 169 Å². The Morgan fingerprint density at radius 2 is 1.95 bits per heavy atom. The van der Waals surface area contributed by atoms with Crippen LogP contribution in [-0.4, -0.2) is 71.2 Å². The second-order valence-corrected chi connectivity index (χ2v) is 10.0. The van der Waals surface area contributed by atoms with Crippen LogP contribution < -0.4 is 11.1 Å². The summed E-state index contributed by atoms with van der Waals surface area (Å²) in [5.41, 5.74) is 6.91. The van der Waals surface area contributed by atoms with Gasteiger partial charge in [0.1, 0.15) is 24.0 Å². The first-order valence-electron chi connectivity index (χ1n) is 12.8. The number of benzene rings is 1. The van der Waals surface area contributed by atoms with E-state index in [2.05, 4.69) is 44.2 Å². The molecule has 2 saturated carbocycles. The van der Waals surface area contributed by atoms with Crippen LogP contribution in [0.15, 0.2) is 36.7 Å². The number of aliphatic hydroxyl groups excluding tert-OH is 2. The second-order valence-electron chi connectivity index (χ2n) is 10.0. The molecule has 0 radical (unpaired) electrons. The zero-order valence-corrected chi connectivity index (χ0v) is 21.0. The summed E-state index contributed by atoms with van der Waals surface area (Å²) in [7, 11) is 0. The van der Waals surface area contributed by atoms with E-state index in [9.17, 15) is 20.1 Å². The molecule has 1 aromatic carbocycles. The number of carbonyl (C=O) groups excluding carboxylic acids is 1. The van der Waals surface area contributed by atoms with E-state index in [4.69, 9.17) is 10.5 Å². The van der Waals surface area contributed by atoms with E-state index >= 15 is 0 Å². The number of hydrogen-bond donors (Lipinski definition) is 5. The van der Waals surface area contributed by atoms with Gasteiger partial charge in [0.2, 0.25) is 5.82 Å². The number of hydrogen-bond acceptors (Lipinski definition) is 9. The highest BCUT2D eigenvalue weighted by molar-refractivity contribution is 5.82. The number of aromatic nitrogens is 4. The summed E-state index contributed by atoms with van der Waals surface area (Å²) in [6, 6.07) is 10.4. The van der Waals surface area contributed by atoms with Crippen LogP contribution in [0.3, 0.4) is 0 Å². The monoisotopic (exact) mass is 520 g/mol. The number of ether oxygens (including phenoxy) is 1. The largest absolute Gasteiger partial charge is 0.394 e. The first-order chi connectivity index (χ1) is 18.3. The molecule has 0 aliphatic heterocycles. The Balaban J connectivity index is 1.29. The lowest BCUT2D eigenvalue weighted by Gasteiger charge is -2.32. The van der Waals surface area contributed by atoms with E-state index in [1.54, 1.807) is 0 Å². The van der Waals surface area contributed by atoms with E-state index < -0.39 is 30.3 Å². The Bertz CT molecular complexity index is 1340. The van der Waals surface area contributed by atoms with Crippen molar-refractivity contribution in [2.24, 2.45) is 0 Å². The van der Waals surface area contributed by atoms with Gasteiger partial charge in [0.15, 0.2) is 17.6 Å². The van der Waals surface area contributed by atoms with E-state index in [0.717, 1.165) is 25.7 Å². The van der Waals surface area contributed by atoms with Crippen molar-refractivity contribution in [2.75, 3.05) is 12.3 Å². The van der Waals surface area contributed by atoms with Crippen LogP contribution in [0.1, 0.15) is 55.8 Å². The van der Waals surface area contributed by atoms with Gasteiger partial charge in [0.25, 0.3) is 5.91 Å². The molecule has 11 heteroatoms. The molecule has 2 heterocycles. The summed E-state index contributed by atoms with van der Waals surface area (Å²) in [6.45, 7) is -0.804. The van der Waals surface area contributed by atoms with Gasteiger partial charge in [0, 0.05) is 6.04 Å². The van der Waals surface area contributed by atoms with Crippen molar-refractivity contribution in [3.8, 4) is 11.8 Å². The summed E-state index contributed by atoms with van der Waals surface area (Å²) >= 11 is 0. The van der Waals surface area contributed by atoms with E-state index in [1.807, 2.05) is 18.2 Å². The summed E-state index contributed by atoms with van der Waals surface area (Å²) in [4.78, 5) is 25.4. The third-order valence-electron chi connectivity index (χ3n) is 7.09. The van der Waals surface area contributed by atoms with Crippen molar-refractivity contribution in [1.29, 1.82) is 0 Å². The molecule has 0 saturated heterocycles. The maximum absolute atomic E-state index is 12.5. The van der Waals surface area contributed by atoms with Crippen LogP contribution in [0.25, 0.3) is 11.2 Å². The van der Waals surface area contributed by atoms with Crippen LogP contribution in [0, 0.1) is 11.8 Å². The normalized spacial score (nSPS) is 22.9. The van der Waals surface area contributed by atoms with Gasteiger partial charge in [-0.25, -0.2) is 15.0 Å². The molecule has 6 N–H and O–H groups in total. The quantitative estimate of drug-likeness (QED) is 0.270. The predicted molar refractivity (Wildman–Crippen MR) is 138 cm³/mol. The minimum atomic E-state index is -1.39. The minimum absolute atomic E-state index is 0.0745. The number of fused-ring (bicyclic) bond motifs is 1.